The third-order valence-corrected chi connectivity index (χ3v) is 5.89. The average Bonchev–Trinajstić information content (AvgIpc) is 2.49. The van der Waals surface area contributed by atoms with E-state index in [4.69, 9.17) is 11.6 Å². The van der Waals surface area contributed by atoms with E-state index in [1.807, 2.05) is 24.3 Å². The summed E-state index contributed by atoms with van der Waals surface area (Å²) in [5, 5.41) is 2.04. The van der Waals surface area contributed by atoms with Gasteiger partial charge in [0.2, 0.25) is 0 Å². The summed E-state index contributed by atoms with van der Waals surface area (Å²) in [6, 6.07) is 11.6. The van der Waals surface area contributed by atoms with Gasteiger partial charge in [-0.2, -0.15) is 0 Å². The van der Waals surface area contributed by atoms with Gasteiger partial charge in [0.05, 0.1) is 0 Å². The minimum absolute atomic E-state index is 0.255. The predicted octanol–water partition coefficient (Wildman–Crippen LogP) is 5.89. The second-order valence-electron chi connectivity index (χ2n) is 4.98. The molecular formula is C16H13Br2ClF2. The third kappa shape index (κ3) is 3.85. The first-order chi connectivity index (χ1) is 10.0. The zero-order chi connectivity index (χ0) is 15.5. The van der Waals surface area contributed by atoms with Crippen LogP contribution in [0, 0.1) is 11.6 Å². The standard InChI is InChI=1S/C16H13Br2ClF2/c17-9-16(10-18,12-2-4-13(19)5-3-12)8-11-1-6-14(20)15(21)7-11/h1-7H,8-10H2. The summed E-state index contributed by atoms with van der Waals surface area (Å²) in [6.07, 6.45) is 0.586. The maximum Gasteiger partial charge on any atom is 0.159 e. The third-order valence-electron chi connectivity index (χ3n) is 3.49. The van der Waals surface area contributed by atoms with Crippen LogP contribution in [0.2, 0.25) is 5.02 Å². The molecule has 0 saturated heterocycles. The van der Waals surface area contributed by atoms with Gasteiger partial charge < -0.3 is 0 Å². The minimum Gasteiger partial charge on any atom is -0.204 e. The Morgan fingerprint density at radius 2 is 1.52 bits per heavy atom. The lowest BCUT2D eigenvalue weighted by Crippen LogP contribution is -2.33. The van der Waals surface area contributed by atoms with E-state index >= 15 is 0 Å². The topological polar surface area (TPSA) is 0 Å². The molecule has 0 atom stereocenters. The summed E-state index contributed by atoms with van der Waals surface area (Å²) in [6.45, 7) is 0. The van der Waals surface area contributed by atoms with Crippen molar-refractivity contribution in [3.63, 3.8) is 0 Å². The number of benzene rings is 2. The van der Waals surface area contributed by atoms with Crippen LogP contribution in [0.1, 0.15) is 11.1 Å². The molecule has 0 aliphatic carbocycles. The van der Waals surface area contributed by atoms with Gasteiger partial charge in [-0.25, -0.2) is 8.78 Å². The van der Waals surface area contributed by atoms with E-state index in [0.717, 1.165) is 11.1 Å². The fraction of sp³-hybridized carbons (Fsp3) is 0.250. The van der Waals surface area contributed by atoms with Crippen LogP contribution >= 0.6 is 43.5 Å². The van der Waals surface area contributed by atoms with Crippen molar-refractivity contribution >= 4 is 43.5 Å². The molecule has 2 aromatic carbocycles. The van der Waals surface area contributed by atoms with Crippen LogP contribution in [0.3, 0.4) is 0 Å². The molecule has 0 nitrogen and oxygen atoms in total. The van der Waals surface area contributed by atoms with Crippen molar-refractivity contribution in [2.24, 2.45) is 0 Å². The lowest BCUT2D eigenvalue weighted by Gasteiger charge is -2.31. The molecule has 0 radical (unpaired) electrons. The number of halogens is 5. The number of alkyl halides is 2. The fourth-order valence-corrected chi connectivity index (χ4v) is 4.33. The first-order valence-electron chi connectivity index (χ1n) is 6.33. The molecule has 5 heteroatoms. The minimum atomic E-state index is -0.825. The smallest absolute Gasteiger partial charge is 0.159 e. The Balaban J connectivity index is 2.37. The number of rotatable bonds is 5. The zero-order valence-corrected chi connectivity index (χ0v) is 15.0. The van der Waals surface area contributed by atoms with E-state index in [1.54, 1.807) is 6.07 Å². The molecule has 112 valence electrons. The highest BCUT2D eigenvalue weighted by atomic mass is 79.9. The molecule has 0 heterocycles. The monoisotopic (exact) mass is 436 g/mol. The van der Waals surface area contributed by atoms with Crippen molar-refractivity contribution in [1.29, 1.82) is 0 Å². The van der Waals surface area contributed by atoms with Gasteiger partial charge >= 0.3 is 0 Å². The normalized spacial score (nSPS) is 11.7. The highest BCUT2D eigenvalue weighted by Crippen LogP contribution is 2.33. The Morgan fingerprint density at radius 3 is 2.05 bits per heavy atom. The molecule has 0 bridgehead atoms. The van der Waals surface area contributed by atoms with Gasteiger partial charge in [-0.3, -0.25) is 0 Å². The van der Waals surface area contributed by atoms with E-state index in [2.05, 4.69) is 31.9 Å². The maximum absolute atomic E-state index is 13.4. The van der Waals surface area contributed by atoms with Crippen molar-refractivity contribution < 1.29 is 8.78 Å². The van der Waals surface area contributed by atoms with Crippen LogP contribution in [0.4, 0.5) is 8.78 Å². The molecule has 0 fully saturated rings. The average molecular weight is 439 g/mol. The molecular weight excluding hydrogens is 425 g/mol. The Labute approximate surface area is 144 Å². The van der Waals surface area contributed by atoms with Crippen LogP contribution < -0.4 is 0 Å². The van der Waals surface area contributed by atoms with Crippen LogP contribution in [-0.4, -0.2) is 10.7 Å². The summed E-state index contributed by atoms with van der Waals surface area (Å²) in [4.78, 5) is 0. The van der Waals surface area contributed by atoms with E-state index in [9.17, 15) is 8.78 Å². The van der Waals surface area contributed by atoms with Crippen LogP contribution in [0.25, 0.3) is 0 Å². The molecule has 2 rings (SSSR count). The summed E-state index contributed by atoms with van der Waals surface area (Å²) in [5.74, 6) is -1.64. The predicted molar refractivity (Wildman–Crippen MR) is 90.8 cm³/mol. The molecule has 21 heavy (non-hydrogen) atoms. The van der Waals surface area contributed by atoms with Crippen LogP contribution in [-0.2, 0) is 11.8 Å². The molecule has 0 aliphatic rings. The Bertz CT molecular complexity index is 610. The Kier molecular flexibility index (Phi) is 5.81. The van der Waals surface area contributed by atoms with E-state index in [1.165, 1.54) is 12.1 Å². The van der Waals surface area contributed by atoms with Gasteiger partial charge in [-0.15, -0.1) is 0 Å². The number of hydrogen-bond acceptors (Lipinski definition) is 0. The van der Waals surface area contributed by atoms with Gasteiger partial charge in [-0.05, 0) is 41.8 Å². The Hall–Kier alpha value is -0.450. The second kappa shape index (κ2) is 7.21. The van der Waals surface area contributed by atoms with Crippen molar-refractivity contribution in [3.05, 3.63) is 70.2 Å². The van der Waals surface area contributed by atoms with Crippen LogP contribution in [0.15, 0.2) is 42.5 Å². The largest absolute Gasteiger partial charge is 0.204 e. The molecule has 0 aliphatic heterocycles. The van der Waals surface area contributed by atoms with Gasteiger partial charge in [0.25, 0.3) is 0 Å². The summed E-state index contributed by atoms with van der Waals surface area (Å²) in [7, 11) is 0. The van der Waals surface area contributed by atoms with Gasteiger partial charge in [-0.1, -0.05) is 61.7 Å². The molecule has 0 N–H and O–H groups in total. The molecule has 0 unspecified atom stereocenters. The quantitative estimate of drug-likeness (QED) is 0.511. The van der Waals surface area contributed by atoms with E-state index < -0.39 is 11.6 Å². The lowest BCUT2D eigenvalue weighted by molar-refractivity contribution is 0.501. The number of hydrogen-bond donors (Lipinski definition) is 0. The highest BCUT2D eigenvalue weighted by molar-refractivity contribution is 9.09. The molecule has 0 saturated carbocycles. The lowest BCUT2D eigenvalue weighted by atomic mass is 9.79. The van der Waals surface area contributed by atoms with Crippen molar-refractivity contribution in [2.75, 3.05) is 10.7 Å². The summed E-state index contributed by atoms with van der Waals surface area (Å²) >= 11 is 13.0. The van der Waals surface area contributed by atoms with E-state index in [-0.39, 0.29) is 5.41 Å². The molecule has 2 aromatic rings. The zero-order valence-electron chi connectivity index (χ0n) is 11.1. The van der Waals surface area contributed by atoms with Crippen LogP contribution in [0.5, 0.6) is 0 Å². The van der Waals surface area contributed by atoms with Crippen molar-refractivity contribution in [2.45, 2.75) is 11.8 Å². The first-order valence-corrected chi connectivity index (χ1v) is 8.95. The molecule has 0 amide bonds. The van der Waals surface area contributed by atoms with Gasteiger partial charge in [0.1, 0.15) is 0 Å². The van der Waals surface area contributed by atoms with Crippen molar-refractivity contribution in [3.8, 4) is 0 Å². The van der Waals surface area contributed by atoms with Crippen molar-refractivity contribution in [1.82, 2.24) is 0 Å². The molecule has 0 aromatic heterocycles. The fourth-order valence-electron chi connectivity index (χ4n) is 2.23. The molecule has 0 spiro atoms. The SMILES string of the molecule is Fc1ccc(CC(CBr)(CBr)c2ccc(Cl)cc2)cc1F. The summed E-state index contributed by atoms with van der Waals surface area (Å²) in [5.41, 5.74) is 1.59. The van der Waals surface area contributed by atoms with Gasteiger partial charge in [0.15, 0.2) is 11.6 Å². The second-order valence-corrected chi connectivity index (χ2v) is 6.54. The Morgan fingerprint density at radius 1 is 0.905 bits per heavy atom. The van der Waals surface area contributed by atoms with Gasteiger partial charge in [0, 0.05) is 21.1 Å². The maximum atomic E-state index is 13.4. The first kappa shape index (κ1) is 16.9. The summed E-state index contributed by atoms with van der Waals surface area (Å²) < 4.78 is 26.5. The van der Waals surface area contributed by atoms with E-state index in [0.29, 0.717) is 22.1 Å². The highest BCUT2D eigenvalue weighted by Gasteiger charge is 2.30.